The SMILES string of the molecule is CC(=O)N(CCC(=O)NCc1cccnc1)c1ccc(Cl)c(Cl)c1. The molecule has 0 atom stereocenters. The van der Waals surface area contributed by atoms with Gasteiger partial charge in [-0.15, -0.1) is 0 Å². The number of amides is 2. The highest BCUT2D eigenvalue weighted by Gasteiger charge is 2.14. The van der Waals surface area contributed by atoms with Crippen molar-refractivity contribution in [3.05, 3.63) is 58.3 Å². The van der Waals surface area contributed by atoms with E-state index in [-0.39, 0.29) is 24.8 Å². The molecule has 1 N–H and O–H groups in total. The third-order valence-electron chi connectivity index (χ3n) is 3.37. The Morgan fingerprint density at radius 3 is 2.62 bits per heavy atom. The summed E-state index contributed by atoms with van der Waals surface area (Å²) in [5, 5.41) is 3.58. The zero-order valence-corrected chi connectivity index (χ0v) is 14.6. The van der Waals surface area contributed by atoms with Crippen LogP contribution in [0.25, 0.3) is 0 Å². The molecule has 0 unspecified atom stereocenters. The summed E-state index contributed by atoms with van der Waals surface area (Å²) >= 11 is 11.9. The van der Waals surface area contributed by atoms with Crippen LogP contribution in [0.1, 0.15) is 18.9 Å². The fourth-order valence-corrected chi connectivity index (χ4v) is 2.42. The Kier molecular flexibility index (Phi) is 6.58. The number of hydrogen-bond acceptors (Lipinski definition) is 3. The Labute approximate surface area is 150 Å². The number of nitrogens with zero attached hydrogens (tertiary/aromatic N) is 2. The zero-order valence-electron chi connectivity index (χ0n) is 13.1. The van der Waals surface area contributed by atoms with E-state index in [0.717, 1.165) is 5.56 Å². The second-order valence-corrected chi connectivity index (χ2v) is 5.97. The number of aromatic nitrogens is 1. The molecule has 2 amide bonds. The molecule has 0 aliphatic rings. The van der Waals surface area contributed by atoms with Crippen LogP contribution in [0.4, 0.5) is 5.69 Å². The topological polar surface area (TPSA) is 62.3 Å². The van der Waals surface area contributed by atoms with Gasteiger partial charge in [-0.3, -0.25) is 14.6 Å². The molecule has 0 radical (unpaired) electrons. The Bertz CT molecular complexity index is 723. The molecule has 0 aliphatic heterocycles. The van der Waals surface area contributed by atoms with Gasteiger partial charge in [0.05, 0.1) is 10.0 Å². The van der Waals surface area contributed by atoms with Crippen LogP contribution < -0.4 is 10.2 Å². The fourth-order valence-electron chi connectivity index (χ4n) is 2.13. The van der Waals surface area contributed by atoms with Crippen molar-refractivity contribution in [2.75, 3.05) is 11.4 Å². The molecule has 126 valence electrons. The number of benzene rings is 1. The van der Waals surface area contributed by atoms with Crippen LogP contribution in [0.15, 0.2) is 42.7 Å². The van der Waals surface area contributed by atoms with Gasteiger partial charge >= 0.3 is 0 Å². The smallest absolute Gasteiger partial charge is 0.223 e. The predicted octanol–water partition coefficient (Wildman–Crippen LogP) is 3.45. The number of pyridine rings is 1. The first kappa shape index (κ1) is 18.2. The van der Waals surface area contributed by atoms with Crippen molar-refractivity contribution in [2.45, 2.75) is 19.9 Å². The normalized spacial score (nSPS) is 10.3. The predicted molar refractivity (Wildman–Crippen MR) is 95.2 cm³/mol. The first-order chi connectivity index (χ1) is 11.5. The Hall–Kier alpha value is -2.11. The number of nitrogens with one attached hydrogen (secondary N) is 1. The Morgan fingerprint density at radius 2 is 2.00 bits per heavy atom. The monoisotopic (exact) mass is 365 g/mol. The number of carbonyl (C=O) groups excluding carboxylic acids is 2. The maximum atomic E-state index is 12.0. The second-order valence-electron chi connectivity index (χ2n) is 5.16. The number of halogens is 2. The lowest BCUT2D eigenvalue weighted by atomic mass is 10.2. The van der Waals surface area contributed by atoms with Gasteiger partial charge in [0.2, 0.25) is 11.8 Å². The summed E-state index contributed by atoms with van der Waals surface area (Å²) in [7, 11) is 0. The molecule has 7 heteroatoms. The molecule has 1 heterocycles. The lowest BCUT2D eigenvalue weighted by Crippen LogP contribution is -2.33. The molecule has 0 spiro atoms. The van der Waals surface area contributed by atoms with Crippen LogP contribution in [0.5, 0.6) is 0 Å². The summed E-state index contributed by atoms with van der Waals surface area (Å²) in [6.07, 6.45) is 3.55. The van der Waals surface area contributed by atoms with E-state index in [1.165, 1.54) is 11.8 Å². The van der Waals surface area contributed by atoms with E-state index in [1.807, 2.05) is 12.1 Å². The molecule has 24 heavy (non-hydrogen) atoms. The van der Waals surface area contributed by atoms with Gasteiger partial charge in [0.15, 0.2) is 0 Å². The van der Waals surface area contributed by atoms with E-state index in [2.05, 4.69) is 10.3 Å². The molecule has 0 aliphatic carbocycles. The average Bonchev–Trinajstić information content (AvgIpc) is 2.57. The van der Waals surface area contributed by atoms with Crippen molar-refractivity contribution in [3.63, 3.8) is 0 Å². The van der Waals surface area contributed by atoms with Crippen LogP contribution in [-0.4, -0.2) is 23.3 Å². The lowest BCUT2D eigenvalue weighted by Gasteiger charge is -2.21. The Balaban J connectivity index is 1.92. The van der Waals surface area contributed by atoms with E-state index in [1.54, 1.807) is 30.6 Å². The van der Waals surface area contributed by atoms with Crippen molar-refractivity contribution in [1.29, 1.82) is 0 Å². The van der Waals surface area contributed by atoms with Crippen LogP contribution in [-0.2, 0) is 16.1 Å². The van der Waals surface area contributed by atoms with Crippen molar-refractivity contribution in [2.24, 2.45) is 0 Å². The third-order valence-corrected chi connectivity index (χ3v) is 4.11. The quantitative estimate of drug-likeness (QED) is 0.852. The summed E-state index contributed by atoms with van der Waals surface area (Å²) in [5.74, 6) is -0.321. The number of carbonyl (C=O) groups is 2. The second kappa shape index (κ2) is 8.66. The summed E-state index contributed by atoms with van der Waals surface area (Å²) in [6, 6.07) is 8.62. The summed E-state index contributed by atoms with van der Waals surface area (Å²) in [5.41, 5.74) is 1.52. The maximum absolute atomic E-state index is 12.0. The molecular weight excluding hydrogens is 349 g/mol. The van der Waals surface area contributed by atoms with Crippen LogP contribution >= 0.6 is 23.2 Å². The molecule has 0 saturated heterocycles. The lowest BCUT2D eigenvalue weighted by molar-refractivity contribution is -0.121. The zero-order chi connectivity index (χ0) is 17.5. The van der Waals surface area contributed by atoms with Crippen molar-refractivity contribution in [1.82, 2.24) is 10.3 Å². The maximum Gasteiger partial charge on any atom is 0.223 e. The summed E-state index contributed by atoms with van der Waals surface area (Å²) in [4.78, 5) is 29.3. The van der Waals surface area contributed by atoms with Gasteiger partial charge in [-0.1, -0.05) is 29.3 Å². The number of hydrogen-bond donors (Lipinski definition) is 1. The first-order valence-electron chi connectivity index (χ1n) is 7.36. The molecule has 0 saturated carbocycles. The first-order valence-corrected chi connectivity index (χ1v) is 8.11. The van der Waals surface area contributed by atoms with Gasteiger partial charge in [0, 0.05) is 44.5 Å². The highest BCUT2D eigenvalue weighted by molar-refractivity contribution is 6.42. The van der Waals surface area contributed by atoms with E-state index in [0.29, 0.717) is 22.3 Å². The van der Waals surface area contributed by atoms with Gasteiger partial charge in [-0.2, -0.15) is 0 Å². The largest absolute Gasteiger partial charge is 0.352 e. The standard InChI is InChI=1S/C17H17Cl2N3O2/c1-12(23)22(14-4-5-15(18)16(19)9-14)8-6-17(24)21-11-13-3-2-7-20-10-13/h2-5,7,9-10H,6,8,11H2,1H3,(H,21,24). The number of rotatable bonds is 6. The summed E-state index contributed by atoms with van der Waals surface area (Å²) in [6.45, 7) is 2.10. The van der Waals surface area contributed by atoms with E-state index in [4.69, 9.17) is 23.2 Å². The van der Waals surface area contributed by atoms with Gasteiger partial charge in [-0.25, -0.2) is 0 Å². The van der Waals surface area contributed by atoms with Crippen LogP contribution in [0, 0.1) is 0 Å². The Morgan fingerprint density at radius 1 is 1.21 bits per heavy atom. The average molecular weight is 366 g/mol. The highest BCUT2D eigenvalue weighted by Crippen LogP contribution is 2.27. The minimum Gasteiger partial charge on any atom is -0.352 e. The van der Waals surface area contributed by atoms with Crippen LogP contribution in [0.2, 0.25) is 10.0 Å². The van der Waals surface area contributed by atoms with Crippen molar-refractivity contribution in [3.8, 4) is 0 Å². The van der Waals surface area contributed by atoms with Crippen molar-refractivity contribution < 1.29 is 9.59 Å². The van der Waals surface area contributed by atoms with Crippen LogP contribution in [0.3, 0.4) is 0 Å². The molecule has 2 rings (SSSR count). The van der Waals surface area contributed by atoms with E-state index in [9.17, 15) is 9.59 Å². The van der Waals surface area contributed by atoms with Gasteiger partial charge in [0.25, 0.3) is 0 Å². The summed E-state index contributed by atoms with van der Waals surface area (Å²) < 4.78 is 0. The third kappa shape index (κ3) is 5.22. The molecule has 1 aromatic heterocycles. The van der Waals surface area contributed by atoms with Crippen molar-refractivity contribution >= 4 is 40.7 Å². The molecule has 2 aromatic rings. The molecule has 0 fully saturated rings. The number of anilines is 1. The minimum absolute atomic E-state index is 0.148. The van der Waals surface area contributed by atoms with Gasteiger partial charge in [0.1, 0.15) is 0 Å². The highest BCUT2D eigenvalue weighted by atomic mass is 35.5. The molecular formula is C17H17Cl2N3O2. The van der Waals surface area contributed by atoms with Gasteiger partial charge in [-0.05, 0) is 29.8 Å². The minimum atomic E-state index is -0.173. The molecule has 0 bridgehead atoms. The van der Waals surface area contributed by atoms with E-state index < -0.39 is 0 Å². The van der Waals surface area contributed by atoms with E-state index >= 15 is 0 Å². The van der Waals surface area contributed by atoms with Gasteiger partial charge < -0.3 is 10.2 Å². The molecule has 5 nitrogen and oxygen atoms in total. The fraction of sp³-hybridized carbons (Fsp3) is 0.235. The molecule has 1 aromatic carbocycles.